The highest BCUT2D eigenvalue weighted by Gasteiger charge is 2.42. The maximum atomic E-state index is 13.9. The number of piperidine rings is 1. The molecule has 5 rings (SSSR count). The first-order valence-corrected chi connectivity index (χ1v) is 14.3. The highest BCUT2D eigenvalue weighted by molar-refractivity contribution is 6.42. The molecule has 1 unspecified atom stereocenters. The van der Waals surface area contributed by atoms with Crippen LogP contribution in [0.3, 0.4) is 0 Å². The number of likely N-dealkylation sites (tertiary alicyclic amines) is 1. The Morgan fingerprint density at radius 3 is 2.33 bits per heavy atom. The van der Waals surface area contributed by atoms with E-state index in [0.717, 1.165) is 11.1 Å². The van der Waals surface area contributed by atoms with Gasteiger partial charge in [-0.3, -0.25) is 9.59 Å². The zero-order valence-electron chi connectivity index (χ0n) is 22.7. The Labute approximate surface area is 252 Å². The summed E-state index contributed by atoms with van der Waals surface area (Å²) in [6, 6.07) is 21.4. The Morgan fingerprint density at radius 1 is 1.00 bits per heavy atom. The molecule has 1 N–H and O–H groups in total. The number of rotatable bonds is 5. The zero-order valence-corrected chi connectivity index (χ0v) is 24.3. The van der Waals surface area contributed by atoms with Crippen LogP contribution in [-0.4, -0.2) is 55.0 Å². The van der Waals surface area contributed by atoms with E-state index in [0.29, 0.717) is 27.1 Å². The van der Waals surface area contributed by atoms with Crippen LogP contribution >= 0.6 is 23.2 Å². The van der Waals surface area contributed by atoms with Gasteiger partial charge in [-0.1, -0.05) is 71.7 Å². The minimum atomic E-state index is -4.26. The fourth-order valence-corrected chi connectivity index (χ4v) is 5.77. The molecule has 6 nitrogen and oxygen atoms in total. The van der Waals surface area contributed by atoms with Gasteiger partial charge in [-0.2, -0.15) is 13.2 Å². The normalized spacial score (nSPS) is 18.7. The van der Waals surface area contributed by atoms with Crippen LogP contribution in [0.2, 0.25) is 10.0 Å². The van der Waals surface area contributed by atoms with E-state index in [9.17, 15) is 22.8 Å². The molecule has 0 aliphatic carbocycles. The van der Waals surface area contributed by atoms with Gasteiger partial charge in [0.25, 0.3) is 5.91 Å². The fourth-order valence-electron chi connectivity index (χ4n) is 5.45. The van der Waals surface area contributed by atoms with Gasteiger partial charge in [0.15, 0.2) is 0 Å². The van der Waals surface area contributed by atoms with Crippen LogP contribution in [0.4, 0.5) is 18.9 Å². The Morgan fingerprint density at radius 2 is 1.67 bits per heavy atom. The largest absolute Gasteiger partial charge is 0.391 e. The third-order valence-electron chi connectivity index (χ3n) is 7.80. The lowest BCUT2D eigenvalue weighted by Crippen LogP contribution is -2.48. The molecule has 0 bridgehead atoms. The molecule has 1 saturated heterocycles. The maximum absolute atomic E-state index is 13.9. The minimum Gasteiger partial charge on any atom is -0.356 e. The van der Waals surface area contributed by atoms with Crippen LogP contribution < -0.4 is 10.2 Å². The lowest BCUT2D eigenvalue weighted by atomic mass is 9.91. The predicted molar refractivity (Wildman–Crippen MR) is 158 cm³/mol. The summed E-state index contributed by atoms with van der Waals surface area (Å²) in [5.74, 6) is -2.58. The van der Waals surface area contributed by atoms with E-state index in [1.807, 2.05) is 30.3 Å². The third kappa shape index (κ3) is 6.42. The second-order valence-electron chi connectivity index (χ2n) is 10.5. The van der Waals surface area contributed by atoms with E-state index in [1.54, 1.807) is 54.4 Å². The Bertz CT molecular complexity index is 1490. The van der Waals surface area contributed by atoms with Crippen LogP contribution in [0.15, 0.2) is 77.8 Å². The standard InChI is InChI=1S/C31H29Cl2F3N4O2/c1-39-26-10-6-5-9-22(26)28(40-15-13-21(14-16-40)31(34,35)36)37-27(30(39)42)38-29(41)23(20-7-3-2-4-8-20)17-19-11-12-24(32)25(33)18-19/h2-12,18,21,23,27H,13-17H2,1H3,(H,38,41)/t23-,27?/m1/s1. The van der Waals surface area contributed by atoms with Gasteiger partial charge in [0.05, 0.1) is 27.6 Å². The molecule has 2 atom stereocenters. The molecular weight excluding hydrogens is 588 g/mol. The summed E-state index contributed by atoms with van der Waals surface area (Å²) >= 11 is 12.3. The summed E-state index contributed by atoms with van der Waals surface area (Å²) < 4.78 is 40.1. The van der Waals surface area contributed by atoms with Crippen LogP contribution in [0.1, 0.15) is 35.4 Å². The number of hydrogen-bond acceptors (Lipinski definition) is 4. The van der Waals surface area contributed by atoms with E-state index >= 15 is 0 Å². The fraction of sp³-hybridized carbons (Fsp3) is 0.323. The van der Waals surface area contributed by atoms with Gasteiger partial charge in [0.1, 0.15) is 5.84 Å². The molecule has 2 heterocycles. The zero-order chi connectivity index (χ0) is 30.0. The molecule has 0 radical (unpaired) electrons. The number of amides is 2. The number of nitrogens with one attached hydrogen (secondary N) is 1. The molecule has 3 aromatic carbocycles. The van der Waals surface area contributed by atoms with Gasteiger partial charge in [0.2, 0.25) is 12.1 Å². The quantitative estimate of drug-likeness (QED) is 0.358. The molecule has 0 aromatic heterocycles. The number of nitrogens with zero attached hydrogens (tertiary/aromatic N) is 3. The second-order valence-corrected chi connectivity index (χ2v) is 11.3. The Hall–Kier alpha value is -3.56. The predicted octanol–water partition coefficient (Wildman–Crippen LogP) is 6.46. The van der Waals surface area contributed by atoms with Crippen molar-refractivity contribution in [2.45, 2.75) is 37.5 Å². The number of alkyl halides is 3. The van der Waals surface area contributed by atoms with E-state index in [2.05, 4.69) is 5.32 Å². The van der Waals surface area contributed by atoms with Gasteiger partial charge in [-0.15, -0.1) is 0 Å². The maximum Gasteiger partial charge on any atom is 0.391 e. The van der Waals surface area contributed by atoms with Crippen LogP contribution in [0.25, 0.3) is 0 Å². The Balaban J connectivity index is 1.47. The number of benzodiazepines with no additional fused rings is 1. The number of halogens is 5. The molecule has 11 heteroatoms. The van der Waals surface area contributed by atoms with Crippen molar-refractivity contribution in [2.75, 3.05) is 25.0 Å². The summed E-state index contributed by atoms with van der Waals surface area (Å²) in [7, 11) is 1.60. The van der Waals surface area contributed by atoms with Gasteiger partial charge in [-0.05, 0) is 54.7 Å². The van der Waals surface area contributed by atoms with Crippen molar-refractivity contribution in [3.8, 4) is 0 Å². The summed E-state index contributed by atoms with van der Waals surface area (Å²) in [5.41, 5.74) is 2.69. The van der Waals surface area contributed by atoms with Crippen molar-refractivity contribution in [1.82, 2.24) is 10.2 Å². The summed E-state index contributed by atoms with van der Waals surface area (Å²) in [6.45, 7) is 0.250. The van der Waals surface area contributed by atoms with Crippen molar-refractivity contribution < 1.29 is 22.8 Å². The number of benzene rings is 3. The highest BCUT2D eigenvalue weighted by atomic mass is 35.5. The van der Waals surface area contributed by atoms with E-state index in [-0.39, 0.29) is 32.4 Å². The number of anilines is 1. The summed E-state index contributed by atoms with van der Waals surface area (Å²) in [5, 5.41) is 3.60. The first kappa shape index (κ1) is 29.9. The molecule has 220 valence electrons. The highest BCUT2D eigenvalue weighted by Crippen LogP contribution is 2.36. The van der Waals surface area contributed by atoms with Gasteiger partial charge in [-0.25, -0.2) is 4.99 Å². The SMILES string of the molecule is CN1C(=O)C(NC(=O)[C@H](Cc2ccc(Cl)c(Cl)c2)c2ccccc2)N=C(N2CCC(C(F)(F)F)CC2)c2ccccc21. The summed E-state index contributed by atoms with van der Waals surface area (Å²) in [6.07, 6.45) is -5.42. The molecule has 3 aromatic rings. The van der Waals surface area contributed by atoms with Gasteiger partial charge >= 0.3 is 6.18 Å². The van der Waals surface area contributed by atoms with Gasteiger partial charge < -0.3 is 15.1 Å². The van der Waals surface area contributed by atoms with Crippen LogP contribution in [-0.2, 0) is 16.0 Å². The molecule has 1 fully saturated rings. The number of hydrogen-bond donors (Lipinski definition) is 1. The lowest BCUT2D eigenvalue weighted by molar-refractivity contribution is -0.183. The van der Waals surface area contributed by atoms with Crippen molar-refractivity contribution in [3.63, 3.8) is 0 Å². The minimum absolute atomic E-state index is 0.0781. The van der Waals surface area contributed by atoms with Crippen molar-refractivity contribution in [1.29, 1.82) is 0 Å². The molecule has 0 spiro atoms. The van der Waals surface area contributed by atoms with Crippen molar-refractivity contribution >= 4 is 46.5 Å². The molecule has 42 heavy (non-hydrogen) atoms. The topological polar surface area (TPSA) is 65.0 Å². The van der Waals surface area contributed by atoms with E-state index in [4.69, 9.17) is 28.2 Å². The summed E-state index contributed by atoms with van der Waals surface area (Å²) in [4.78, 5) is 35.5. The number of carbonyl (C=O) groups excluding carboxylic acids is 2. The smallest absolute Gasteiger partial charge is 0.356 e. The molecule has 2 amide bonds. The van der Waals surface area contributed by atoms with Crippen molar-refractivity contribution in [2.24, 2.45) is 10.9 Å². The molecular formula is C31H29Cl2F3N4O2. The average molecular weight is 617 g/mol. The first-order chi connectivity index (χ1) is 20.0. The van der Waals surface area contributed by atoms with Crippen LogP contribution in [0, 0.1) is 5.92 Å². The second kappa shape index (κ2) is 12.4. The number of fused-ring (bicyclic) bond motifs is 1. The number of aliphatic imine (C=N–C) groups is 1. The number of likely N-dealkylation sites (N-methyl/N-ethyl adjacent to an activating group) is 1. The molecule has 2 aliphatic heterocycles. The number of para-hydroxylation sites is 1. The Kier molecular flexibility index (Phi) is 8.80. The van der Waals surface area contributed by atoms with Gasteiger partial charge in [0, 0.05) is 25.7 Å². The molecule has 2 aliphatic rings. The lowest BCUT2D eigenvalue weighted by Gasteiger charge is -2.35. The van der Waals surface area contributed by atoms with Crippen LogP contribution in [0.5, 0.6) is 0 Å². The number of carbonyl (C=O) groups is 2. The van der Waals surface area contributed by atoms with E-state index < -0.39 is 36.0 Å². The number of amidine groups is 1. The first-order valence-electron chi connectivity index (χ1n) is 13.6. The van der Waals surface area contributed by atoms with Crippen molar-refractivity contribution in [3.05, 3.63) is 99.5 Å². The third-order valence-corrected chi connectivity index (χ3v) is 8.54. The van der Waals surface area contributed by atoms with E-state index in [1.165, 1.54) is 4.90 Å². The molecule has 0 saturated carbocycles. The average Bonchev–Trinajstić information content (AvgIpc) is 3.08. The monoisotopic (exact) mass is 616 g/mol.